The molecular weight excluding hydrogens is 282 g/mol. The van der Waals surface area contributed by atoms with Crippen LogP contribution in [0.5, 0.6) is 0 Å². The average molecular weight is 294 g/mol. The molecular formula is C12H12BrN3O. The second kappa shape index (κ2) is 5.14. The highest BCUT2D eigenvalue weighted by molar-refractivity contribution is 9.10. The van der Waals surface area contributed by atoms with Crippen molar-refractivity contribution in [1.82, 2.24) is 9.97 Å². The zero-order valence-electron chi connectivity index (χ0n) is 9.33. The number of carbonyl (C=O) groups is 1. The van der Waals surface area contributed by atoms with Gasteiger partial charge >= 0.3 is 0 Å². The molecule has 2 N–H and O–H groups in total. The summed E-state index contributed by atoms with van der Waals surface area (Å²) in [5, 5.41) is 2.84. The highest BCUT2D eigenvalue weighted by Gasteiger charge is 2.07. The molecule has 0 spiro atoms. The van der Waals surface area contributed by atoms with Crippen LogP contribution in [0.1, 0.15) is 11.3 Å². The third kappa shape index (κ3) is 3.17. The number of anilines is 1. The molecule has 5 heteroatoms. The molecule has 88 valence electrons. The molecule has 0 saturated carbocycles. The lowest BCUT2D eigenvalue weighted by Crippen LogP contribution is -2.14. The van der Waals surface area contributed by atoms with Crippen molar-refractivity contribution in [3.8, 4) is 0 Å². The Labute approximate surface area is 108 Å². The van der Waals surface area contributed by atoms with E-state index in [-0.39, 0.29) is 5.91 Å². The van der Waals surface area contributed by atoms with Gasteiger partial charge in [0.05, 0.1) is 18.4 Å². The first-order chi connectivity index (χ1) is 8.15. The van der Waals surface area contributed by atoms with Crippen LogP contribution in [-0.2, 0) is 11.2 Å². The minimum atomic E-state index is -0.0706. The van der Waals surface area contributed by atoms with Gasteiger partial charge in [-0.2, -0.15) is 0 Å². The van der Waals surface area contributed by atoms with Crippen LogP contribution in [0.15, 0.2) is 35.2 Å². The Hall–Kier alpha value is -1.62. The molecule has 0 saturated heterocycles. The number of H-pyrrole nitrogens is 1. The van der Waals surface area contributed by atoms with Gasteiger partial charge in [-0.3, -0.25) is 4.79 Å². The second-order valence-electron chi connectivity index (χ2n) is 3.79. The van der Waals surface area contributed by atoms with Crippen molar-refractivity contribution in [3.05, 3.63) is 46.5 Å². The van der Waals surface area contributed by atoms with Crippen molar-refractivity contribution in [2.75, 3.05) is 5.32 Å². The third-order valence-electron chi connectivity index (χ3n) is 2.30. The van der Waals surface area contributed by atoms with Gasteiger partial charge in [0.25, 0.3) is 0 Å². The topological polar surface area (TPSA) is 57.8 Å². The fraction of sp³-hybridized carbons (Fsp3) is 0.167. The number of aromatic amines is 1. The summed E-state index contributed by atoms with van der Waals surface area (Å²) >= 11 is 3.42. The number of aromatic nitrogens is 2. The zero-order valence-corrected chi connectivity index (χ0v) is 10.9. The van der Waals surface area contributed by atoms with Crippen LogP contribution in [0, 0.1) is 6.92 Å². The predicted octanol–water partition coefficient (Wildman–Crippen LogP) is 2.66. The fourth-order valence-electron chi connectivity index (χ4n) is 1.47. The molecule has 1 heterocycles. The monoisotopic (exact) mass is 293 g/mol. The Morgan fingerprint density at radius 2 is 2.35 bits per heavy atom. The lowest BCUT2D eigenvalue weighted by molar-refractivity contribution is -0.115. The van der Waals surface area contributed by atoms with E-state index in [0.29, 0.717) is 6.42 Å². The number of halogens is 1. The van der Waals surface area contributed by atoms with Crippen LogP contribution < -0.4 is 5.32 Å². The number of nitrogens with one attached hydrogen (secondary N) is 2. The lowest BCUT2D eigenvalue weighted by atomic mass is 10.2. The van der Waals surface area contributed by atoms with Gasteiger partial charge in [-0.15, -0.1) is 0 Å². The molecule has 2 aromatic rings. The Kier molecular flexibility index (Phi) is 3.58. The quantitative estimate of drug-likeness (QED) is 0.914. The molecule has 0 aliphatic rings. The van der Waals surface area contributed by atoms with Crippen LogP contribution >= 0.6 is 15.9 Å². The first-order valence-corrected chi connectivity index (χ1v) is 5.97. The number of hydrogen-bond donors (Lipinski definition) is 2. The van der Waals surface area contributed by atoms with Crippen LogP contribution in [0.3, 0.4) is 0 Å². The van der Waals surface area contributed by atoms with E-state index in [1.54, 1.807) is 12.5 Å². The van der Waals surface area contributed by atoms with Gasteiger partial charge in [0, 0.05) is 16.4 Å². The number of nitrogens with zero attached hydrogens (tertiary/aromatic N) is 1. The van der Waals surface area contributed by atoms with Crippen LogP contribution in [0.2, 0.25) is 0 Å². The van der Waals surface area contributed by atoms with Crippen LogP contribution in [-0.4, -0.2) is 15.9 Å². The van der Waals surface area contributed by atoms with Gasteiger partial charge in [0.15, 0.2) is 0 Å². The Morgan fingerprint density at radius 3 is 3.00 bits per heavy atom. The van der Waals surface area contributed by atoms with Gasteiger partial charge in [-0.25, -0.2) is 4.98 Å². The molecule has 0 radical (unpaired) electrons. The van der Waals surface area contributed by atoms with E-state index < -0.39 is 0 Å². The molecule has 1 aromatic heterocycles. The smallest absolute Gasteiger partial charge is 0.230 e. The average Bonchev–Trinajstić information content (AvgIpc) is 2.75. The number of amides is 1. The molecule has 0 atom stereocenters. The van der Waals surface area contributed by atoms with E-state index >= 15 is 0 Å². The van der Waals surface area contributed by atoms with Crippen molar-refractivity contribution in [1.29, 1.82) is 0 Å². The standard InChI is InChI=1S/C12H12BrN3O/c1-8-2-3-11(10(13)4-8)16-12(17)5-9-6-14-7-15-9/h2-4,6-7H,5H2,1H3,(H,14,15)(H,16,17). The fourth-order valence-corrected chi connectivity index (χ4v) is 2.06. The number of carbonyl (C=O) groups excluding carboxylic acids is 1. The molecule has 1 aromatic carbocycles. The first-order valence-electron chi connectivity index (χ1n) is 5.18. The Morgan fingerprint density at radius 1 is 1.53 bits per heavy atom. The van der Waals surface area contributed by atoms with E-state index in [1.807, 2.05) is 25.1 Å². The number of rotatable bonds is 3. The minimum Gasteiger partial charge on any atom is -0.348 e. The Balaban J connectivity index is 2.03. The summed E-state index contributed by atoms with van der Waals surface area (Å²) in [6, 6.07) is 5.80. The normalized spacial score (nSPS) is 10.2. The maximum Gasteiger partial charge on any atom is 0.230 e. The van der Waals surface area contributed by atoms with Crippen molar-refractivity contribution in [3.63, 3.8) is 0 Å². The summed E-state index contributed by atoms with van der Waals surface area (Å²) in [6.07, 6.45) is 3.49. The maximum atomic E-state index is 11.7. The summed E-state index contributed by atoms with van der Waals surface area (Å²) in [5.74, 6) is -0.0706. The van der Waals surface area contributed by atoms with Crippen molar-refractivity contribution in [2.24, 2.45) is 0 Å². The predicted molar refractivity (Wildman–Crippen MR) is 69.8 cm³/mol. The zero-order chi connectivity index (χ0) is 12.3. The van der Waals surface area contributed by atoms with Crippen LogP contribution in [0.4, 0.5) is 5.69 Å². The second-order valence-corrected chi connectivity index (χ2v) is 4.64. The highest BCUT2D eigenvalue weighted by Crippen LogP contribution is 2.23. The number of hydrogen-bond acceptors (Lipinski definition) is 2. The van der Waals surface area contributed by atoms with Gasteiger partial charge in [-0.05, 0) is 40.5 Å². The largest absolute Gasteiger partial charge is 0.348 e. The summed E-state index contributed by atoms with van der Waals surface area (Å²) in [6.45, 7) is 2.00. The summed E-state index contributed by atoms with van der Waals surface area (Å²) in [5.41, 5.74) is 2.72. The van der Waals surface area contributed by atoms with E-state index in [0.717, 1.165) is 21.4 Å². The van der Waals surface area contributed by atoms with Crippen molar-refractivity contribution >= 4 is 27.5 Å². The molecule has 17 heavy (non-hydrogen) atoms. The van der Waals surface area contributed by atoms with Gasteiger partial charge < -0.3 is 10.3 Å². The maximum absolute atomic E-state index is 11.7. The molecule has 0 bridgehead atoms. The minimum absolute atomic E-state index is 0.0706. The first kappa shape index (κ1) is 11.9. The molecule has 0 unspecified atom stereocenters. The lowest BCUT2D eigenvalue weighted by Gasteiger charge is -2.07. The SMILES string of the molecule is Cc1ccc(NC(=O)Cc2cnc[nH]2)c(Br)c1. The summed E-state index contributed by atoms with van der Waals surface area (Å²) < 4.78 is 0.885. The summed E-state index contributed by atoms with van der Waals surface area (Å²) in [4.78, 5) is 18.5. The highest BCUT2D eigenvalue weighted by atomic mass is 79.9. The molecule has 0 fully saturated rings. The third-order valence-corrected chi connectivity index (χ3v) is 2.96. The van der Waals surface area contributed by atoms with E-state index in [9.17, 15) is 4.79 Å². The van der Waals surface area contributed by atoms with E-state index in [2.05, 4.69) is 31.2 Å². The number of benzene rings is 1. The molecule has 0 aliphatic heterocycles. The summed E-state index contributed by atoms with van der Waals surface area (Å²) in [7, 11) is 0. The van der Waals surface area contributed by atoms with Gasteiger partial charge in [0.1, 0.15) is 0 Å². The molecule has 0 aliphatic carbocycles. The van der Waals surface area contributed by atoms with E-state index in [4.69, 9.17) is 0 Å². The molecule has 4 nitrogen and oxygen atoms in total. The van der Waals surface area contributed by atoms with Crippen molar-refractivity contribution < 1.29 is 4.79 Å². The van der Waals surface area contributed by atoms with Crippen molar-refractivity contribution in [2.45, 2.75) is 13.3 Å². The Bertz CT molecular complexity index is 523. The number of aryl methyl sites for hydroxylation is 1. The van der Waals surface area contributed by atoms with E-state index in [1.165, 1.54) is 0 Å². The van der Waals surface area contributed by atoms with Crippen LogP contribution in [0.25, 0.3) is 0 Å². The van der Waals surface area contributed by atoms with Gasteiger partial charge in [-0.1, -0.05) is 6.07 Å². The van der Waals surface area contributed by atoms with Gasteiger partial charge in [0.2, 0.25) is 5.91 Å². The number of imidazole rings is 1. The molecule has 1 amide bonds. The molecule has 2 rings (SSSR count).